The molecule has 0 fully saturated rings. The summed E-state index contributed by atoms with van der Waals surface area (Å²) in [5, 5.41) is 1.63. The summed E-state index contributed by atoms with van der Waals surface area (Å²) in [5.74, 6) is 6.89. The van der Waals surface area contributed by atoms with E-state index in [0.717, 1.165) is 16.9 Å². The van der Waals surface area contributed by atoms with Crippen LogP contribution in [0.3, 0.4) is 0 Å². The lowest BCUT2D eigenvalue weighted by molar-refractivity contribution is 0.122. The molecular weight excluding hydrogens is 282 g/mol. The third kappa shape index (κ3) is 2.70. The summed E-state index contributed by atoms with van der Waals surface area (Å²) < 4.78 is 6.11. The maximum atomic E-state index is 6.11. The molecule has 108 valence electrons. The maximum Gasteiger partial charge on any atom is 0.181 e. The zero-order valence-corrected chi connectivity index (χ0v) is 12.3. The minimum absolute atomic E-state index is 0.0634. The highest BCUT2D eigenvalue weighted by molar-refractivity contribution is 7.80. The highest BCUT2D eigenvalue weighted by atomic mass is 32.1. The lowest BCUT2D eigenvalue weighted by atomic mass is 9.92. The topological polar surface area (TPSA) is 64.5 Å². The smallest absolute Gasteiger partial charge is 0.181 e. The van der Waals surface area contributed by atoms with E-state index < -0.39 is 0 Å². The highest BCUT2D eigenvalue weighted by Crippen LogP contribution is 2.42. The first-order valence-corrected chi connectivity index (χ1v) is 7.21. The van der Waals surface area contributed by atoms with Crippen molar-refractivity contribution in [3.05, 3.63) is 65.7 Å². The molecule has 4 nitrogen and oxygen atoms in total. The van der Waals surface area contributed by atoms with Gasteiger partial charge in [0, 0.05) is 12.0 Å². The van der Waals surface area contributed by atoms with E-state index in [-0.39, 0.29) is 17.3 Å². The molecule has 2 aromatic carbocycles. The summed E-state index contributed by atoms with van der Waals surface area (Å²) in [5.41, 5.74) is 7.83. The third-order valence-corrected chi connectivity index (χ3v) is 3.96. The van der Waals surface area contributed by atoms with Gasteiger partial charge in [-0.15, -0.1) is 0 Å². The number of hydrogen-bond donors (Lipinski definition) is 2. The van der Waals surface area contributed by atoms with Crippen LogP contribution in [0.25, 0.3) is 0 Å². The van der Waals surface area contributed by atoms with Crippen molar-refractivity contribution < 1.29 is 4.74 Å². The molecule has 0 saturated heterocycles. The SMILES string of the molecule is NC(=S)N(N)C1CC(c2ccccc2)Oc2ccccc21. The Hall–Kier alpha value is -2.11. The van der Waals surface area contributed by atoms with Crippen molar-refractivity contribution in [2.24, 2.45) is 11.6 Å². The number of nitrogens with zero attached hydrogens (tertiary/aromatic N) is 1. The summed E-state index contributed by atoms with van der Waals surface area (Å²) in [6.07, 6.45) is 0.640. The van der Waals surface area contributed by atoms with E-state index in [1.807, 2.05) is 42.5 Å². The first-order chi connectivity index (χ1) is 10.2. The molecule has 0 spiro atoms. The molecule has 4 N–H and O–H groups in total. The largest absolute Gasteiger partial charge is 0.485 e. The van der Waals surface area contributed by atoms with Gasteiger partial charge in [-0.25, -0.2) is 5.84 Å². The molecule has 0 bridgehead atoms. The van der Waals surface area contributed by atoms with Crippen LogP contribution >= 0.6 is 12.2 Å². The zero-order chi connectivity index (χ0) is 14.8. The standard InChI is InChI=1S/C16H17N3OS/c17-16(21)19(18)13-10-15(11-6-2-1-3-7-11)20-14-9-5-4-8-12(13)14/h1-9,13,15H,10,18H2,(H2,17,21). The number of hydrogen-bond acceptors (Lipinski definition) is 3. The molecular formula is C16H17N3OS. The van der Waals surface area contributed by atoms with Gasteiger partial charge >= 0.3 is 0 Å². The average Bonchev–Trinajstić information content (AvgIpc) is 2.54. The van der Waals surface area contributed by atoms with Crippen LogP contribution in [-0.2, 0) is 0 Å². The molecule has 0 saturated carbocycles. The fourth-order valence-corrected chi connectivity index (χ4v) is 2.81. The molecule has 3 rings (SSSR count). The Morgan fingerprint density at radius 3 is 2.48 bits per heavy atom. The number of fused-ring (bicyclic) bond motifs is 1. The van der Waals surface area contributed by atoms with Crippen LogP contribution in [0.5, 0.6) is 5.75 Å². The Labute approximate surface area is 129 Å². The second kappa shape index (κ2) is 5.71. The van der Waals surface area contributed by atoms with Crippen molar-refractivity contribution in [1.29, 1.82) is 0 Å². The number of para-hydroxylation sites is 1. The Morgan fingerprint density at radius 1 is 1.10 bits per heavy atom. The molecule has 21 heavy (non-hydrogen) atoms. The number of nitrogens with two attached hydrogens (primary N) is 2. The minimum Gasteiger partial charge on any atom is -0.485 e. The summed E-state index contributed by atoms with van der Waals surface area (Å²) >= 11 is 5.02. The van der Waals surface area contributed by atoms with Gasteiger partial charge in [0.25, 0.3) is 0 Å². The number of thiocarbonyl (C=S) groups is 1. The Morgan fingerprint density at radius 2 is 1.76 bits per heavy atom. The van der Waals surface area contributed by atoms with Crippen molar-refractivity contribution in [2.45, 2.75) is 18.6 Å². The van der Waals surface area contributed by atoms with Crippen LogP contribution < -0.4 is 16.3 Å². The number of benzene rings is 2. The fraction of sp³-hybridized carbons (Fsp3) is 0.188. The molecule has 5 heteroatoms. The van der Waals surface area contributed by atoms with E-state index in [2.05, 4.69) is 12.1 Å². The van der Waals surface area contributed by atoms with Gasteiger partial charge in [0.05, 0.1) is 6.04 Å². The van der Waals surface area contributed by atoms with Crippen LogP contribution in [0.15, 0.2) is 54.6 Å². The molecule has 1 aliphatic heterocycles. The van der Waals surface area contributed by atoms with Crippen LogP contribution in [0.1, 0.15) is 29.7 Å². The molecule has 2 aromatic rings. The summed E-state index contributed by atoms with van der Waals surface area (Å²) in [6, 6.07) is 17.9. The van der Waals surface area contributed by atoms with Crippen LogP contribution in [0, 0.1) is 0 Å². The van der Waals surface area contributed by atoms with E-state index in [9.17, 15) is 0 Å². The van der Waals surface area contributed by atoms with E-state index in [4.69, 9.17) is 28.5 Å². The highest BCUT2D eigenvalue weighted by Gasteiger charge is 2.32. The maximum absolute atomic E-state index is 6.11. The van der Waals surface area contributed by atoms with Crippen molar-refractivity contribution in [2.75, 3.05) is 0 Å². The zero-order valence-electron chi connectivity index (χ0n) is 11.5. The molecule has 1 aliphatic rings. The van der Waals surface area contributed by atoms with Gasteiger partial charge in [0.2, 0.25) is 0 Å². The predicted octanol–water partition coefficient (Wildman–Crippen LogP) is 2.67. The lowest BCUT2D eigenvalue weighted by Crippen LogP contribution is -2.45. The second-order valence-corrected chi connectivity index (χ2v) is 5.47. The van der Waals surface area contributed by atoms with Gasteiger partial charge in [-0.2, -0.15) is 0 Å². The number of hydrazine groups is 1. The first kappa shape index (κ1) is 13.9. The Bertz CT molecular complexity index is 647. The first-order valence-electron chi connectivity index (χ1n) is 6.80. The van der Waals surface area contributed by atoms with Gasteiger partial charge in [-0.3, -0.25) is 5.01 Å². The summed E-state index contributed by atoms with van der Waals surface area (Å²) in [7, 11) is 0. The van der Waals surface area contributed by atoms with E-state index in [0.29, 0.717) is 6.42 Å². The second-order valence-electron chi connectivity index (χ2n) is 5.05. The van der Waals surface area contributed by atoms with Gasteiger partial charge < -0.3 is 10.5 Å². The van der Waals surface area contributed by atoms with E-state index >= 15 is 0 Å². The quantitative estimate of drug-likeness (QED) is 0.507. The third-order valence-electron chi connectivity index (χ3n) is 3.75. The molecule has 2 unspecified atom stereocenters. The van der Waals surface area contributed by atoms with Crippen molar-refractivity contribution >= 4 is 17.3 Å². The monoisotopic (exact) mass is 299 g/mol. The normalized spacial score (nSPS) is 20.2. The van der Waals surface area contributed by atoms with E-state index in [1.165, 1.54) is 5.01 Å². The van der Waals surface area contributed by atoms with E-state index in [1.54, 1.807) is 0 Å². The molecule has 0 aliphatic carbocycles. The average molecular weight is 299 g/mol. The van der Waals surface area contributed by atoms with Crippen LogP contribution in [-0.4, -0.2) is 10.1 Å². The Balaban J connectivity index is 1.98. The number of ether oxygens (including phenoxy) is 1. The Kier molecular flexibility index (Phi) is 3.77. The number of rotatable bonds is 2. The molecule has 0 aromatic heterocycles. The minimum atomic E-state index is -0.0855. The molecule has 1 heterocycles. The van der Waals surface area contributed by atoms with Gasteiger partial charge in [0.15, 0.2) is 5.11 Å². The van der Waals surface area contributed by atoms with Crippen LogP contribution in [0.4, 0.5) is 0 Å². The van der Waals surface area contributed by atoms with Gasteiger partial charge in [-0.1, -0.05) is 48.5 Å². The summed E-state index contributed by atoms with van der Waals surface area (Å²) in [4.78, 5) is 0. The van der Waals surface area contributed by atoms with Crippen molar-refractivity contribution in [3.8, 4) is 5.75 Å². The summed E-state index contributed by atoms with van der Waals surface area (Å²) in [6.45, 7) is 0. The molecule has 0 radical (unpaired) electrons. The van der Waals surface area contributed by atoms with Crippen molar-refractivity contribution in [3.63, 3.8) is 0 Å². The fourth-order valence-electron chi connectivity index (χ4n) is 2.68. The van der Waals surface area contributed by atoms with Crippen LogP contribution in [0.2, 0.25) is 0 Å². The van der Waals surface area contributed by atoms with Gasteiger partial charge in [-0.05, 0) is 23.8 Å². The molecule has 2 atom stereocenters. The van der Waals surface area contributed by atoms with Gasteiger partial charge in [0.1, 0.15) is 11.9 Å². The van der Waals surface area contributed by atoms with Crippen molar-refractivity contribution in [1.82, 2.24) is 5.01 Å². The lowest BCUT2D eigenvalue weighted by Gasteiger charge is -2.37. The predicted molar refractivity (Wildman–Crippen MR) is 86.4 cm³/mol. The molecule has 0 amide bonds.